The molecular weight excluding hydrogens is 394 g/mol. The van der Waals surface area contributed by atoms with Crippen LogP contribution in [0.1, 0.15) is 55.2 Å². The molecule has 2 amide bonds. The number of nitrogens with one attached hydrogen (secondary N) is 2. The van der Waals surface area contributed by atoms with E-state index in [1.165, 1.54) is 12.1 Å². The van der Waals surface area contributed by atoms with Crippen LogP contribution in [-0.2, 0) is 11.3 Å². The van der Waals surface area contributed by atoms with Gasteiger partial charge in [0.05, 0.1) is 6.04 Å². The van der Waals surface area contributed by atoms with Crippen LogP contribution in [-0.4, -0.2) is 24.2 Å². The molecule has 2 N–H and O–H groups in total. The topological polar surface area (TPSA) is 76.7 Å². The van der Waals surface area contributed by atoms with Crippen LogP contribution in [0.5, 0.6) is 5.75 Å². The summed E-state index contributed by atoms with van der Waals surface area (Å²) in [5.74, 6) is -0.338. The summed E-state index contributed by atoms with van der Waals surface area (Å²) >= 11 is 0. The lowest BCUT2D eigenvalue weighted by Crippen LogP contribution is -2.33. The van der Waals surface area contributed by atoms with Crippen LogP contribution < -0.4 is 15.4 Å². The average molecular weight is 420 g/mol. The van der Waals surface area contributed by atoms with Gasteiger partial charge in [0, 0.05) is 12.1 Å². The third-order valence-electron chi connectivity index (χ3n) is 4.01. The van der Waals surface area contributed by atoms with E-state index < -0.39 is 24.3 Å². The van der Waals surface area contributed by atoms with Crippen molar-refractivity contribution in [3.8, 4) is 5.75 Å². The number of benzene rings is 2. The summed E-state index contributed by atoms with van der Waals surface area (Å²) in [5.41, 5.74) is 0.994. The smallest absolute Gasteiger partial charge is 0.407 e. The molecule has 0 heterocycles. The van der Waals surface area contributed by atoms with E-state index in [1.54, 1.807) is 64.1 Å². The molecule has 0 saturated heterocycles. The molecule has 2 rings (SSSR count). The van der Waals surface area contributed by atoms with Gasteiger partial charge in [-0.25, -0.2) is 4.79 Å². The van der Waals surface area contributed by atoms with E-state index in [-0.39, 0.29) is 18.2 Å². The number of carbonyl (C=O) groups excluding carboxylic acids is 2. The minimum atomic E-state index is -2.92. The van der Waals surface area contributed by atoms with Gasteiger partial charge in [0.1, 0.15) is 11.4 Å². The van der Waals surface area contributed by atoms with Crippen LogP contribution in [0.3, 0.4) is 0 Å². The molecule has 0 bridgehead atoms. The first kappa shape index (κ1) is 23.1. The van der Waals surface area contributed by atoms with Gasteiger partial charge in [-0.1, -0.05) is 30.3 Å². The van der Waals surface area contributed by atoms with Crippen molar-refractivity contribution in [3.05, 3.63) is 65.2 Å². The van der Waals surface area contributed by atoms with Gasteiger partial charge >= 0.3 is 12.7 Å². The Bertz CT molecular complexity index is 881. The molecule has 0 fully saturated rings. The highest BCUT2D eigenvalue weighted by Crippen LogP contribution is 2.21. The molecule has 1 unspecified atom stereocenters. The Morgan fingerprint density at radius 3 is 2.43 bits per heavy atom. The zero-order chi connectivity index (χ0) is 22.3. The fraction of sp³-hybridized carbons (Fsp3) is 0.364. The van der Waals surface area contributed by atoms with E-state index in [9.17, 15) is 18.4 Å². The normalized spacial score (nSPS) is 12.2. The maximum atomic E-state index is 12.8. The van der Waals surface area contributed by atoms with Crippen molar-refractivity contribution in [2.24, 2.45) is 0 Å². The quantitative estimate of drug-likeness (QED) is 0.674. The summed E-state index contributed by atoms with van der Waals surface area (Å²) in [4.78, 5) is 24.7. The Kier molecular flexibility index (Phi) is 7.74. The van der Waals surface area contributed by atoms with Crippen molar-refractivity contribution in [2.75, 3.05) is 0 Å². The van der Waals surface area contributed by atoms with Crippen LogP contribution >= 0.6 is 0 Å². The van der Waals surface area contributed by atoms with Crippen LogP contribution in [0.15, 0.2) is 48.5 Å². The number of carbonyl (C=O) groups is 2. The van der Waals surface area contributed by atoms with Gasteiger partial charge in [0.25, 0.3) is 5.91 Å². The van der Waals surface area contributed by atoms with Crippen LogP contribution in [0.25, 0.3) is 0 Å². The van der Waals surface area contributed by atoms with E-state index in [4.69, 9.17) is 4.74 Å². The standard InChI is InChI=1S/C22H26F2N2O4/c1-14(15-9-7-10-17(12-15)29-20(23)24)26-19(27)18-11-6-5-8-16(18)13-25-21(28)30-22(2,3)4/h5-12,14,20H,13H2,1-4H3,(H,25,28)(H,26,27). The predicted octanol–water partition coefficient (Wildman–Crippen LogP) is 4.80. The minimum Gasteiger partial charge on any atom is -0.444 e. The van der Waals surface area contributed by atoms with Gasteiger partial charge in [0.2, 0.25) is 0 Å². The van der Waals surface area contributed by atoms with Gasteiger partial charge in [-0.05, 0) is 57.0 Å². The number of alkyl halides is 2. The Labute approximate surface area is 174 Å². The van der Waals surface area contributed by atoms with Gasteiger partial charge in [-0.3, -0.25) is 4.79 Å². The molecule has 0 radical (unpaired) electrons. The molecule has 162 valence electrons. The maximum Gasteiger partial charge on any atom is 0.407 e. The summed E-state index contributed by atoms with van der Waals surface area (Å²) in [6, 6.07) is 12.6. The molecule has 0 spiro atoms. The molecule has 0 saturated carbocycles. The number of halogens is 2. The van der Waals surface area contributed by atoms with Crippen molar-refractivity contribution < 1.29 is 27.8 Å². The van der Waals surface area contributed by atoms with Crippen LogP contribution in [0.4, 0.5) is 13.6 Å². The van der Waals surface area contributed by atoms with Crippen molar-refractivity contribution >= 4 is 12.0 Å². The second kappa shape index (κ2) is 10.0. The lowest BCUT2D eigenvalue weighted by atomic mass is 10.0. The lowest BCUT2D eigenvalue weighted by molar-refractivity contribution is -0.0499. The Balaban J connectivity index is 2.06. The fourth-order valence-electron chi connectivity index (χ4n) is 2.70. The van der Waals surface area contributed by atoms with Crippen molar-refractivity contribution in [3.63, 3.8) is 0 Å². The summed E-state index contributed by atoms with van der Waals surface area (Å²) < 4.78 is 34.4. The van der Waals surface area contributed by atoms with E-state index in [0.717, 1.165) is 0 Å². The number of amides is 2. The second-order valence-corrected chi connectivity index (χ2v) is 7.66. The monoisotopic (exact) mass is 420 g/mol. The first-order valence-corrected chi connectivity index (χ1v) is 9.45. The van der Waals surface area contributed by atoms with Crippen LogP contribution in [0.2, 0.25) is 0 Å². The van der Waals surface area contributed by atoms with E-state index in [2.05, 4.69) is 15.4 Å². The van der Waals surface area contributed by atoms with Gasteiger partial charge in [0.15, 0.2) is 0 Å². The highest BCUT2D eigenvalue weighted by molar-refractivity contribution is 5.96. The van der Waals surface area contributed by atoms with Gasteiger partial charge < -0.3 is 20.1 Å². The molecule has 2 aromatic rings. The third kappa shape index (κ3) is 7.35. The Morgan fingerprint density at radius 2 is 1.77 bits per heavy atom. The zero-order valence-electron chi connectivity index (χ0n) is 17.4. The molecule has 0 aliphatic rings. The molecule has 0 aliphatic carbocycles. The molecule has 0 aromatic heterocycles. The van der Waals surface area contributed by atoms with E-state index in [1.807, 2.05) is 0 Å². The largest absolute Gasteiger partial charge is 0.444 e. The van der Waals surface area contributed by atoms with E-state index in [0.29, 0.717) is 16.7 Å². The highest BCUT2D eigenvalue weighted by atomic mass is 19.3. The van der Waals surface area contributed by atoms with Crippen LogP contribution in [0, 0.1) is 0 Å². The number of rotatable bonds is 7. The number of alkyl carbamates (subject to hydrolysis) is 1. The fourth-order valence-corrected chi connectivity index (χ4v) is 2.70. The van der Waals surface area contributed by atoms with E-state index >= 15 is 0 Å². The maximum absolute atomic E-state index is 12.8. The SMILES string of the molecule is CC(NC(=O)c1ccccc1CNC(=O)OC(C)(C)C)c1cccc(OC(F)F)c1. The highest BCUT2D eigenvalue weighted by Gasteiger charge is 2.18. The average Bonchev–Trinajstić information content (AvgIpc) is 2.65. The minimum absolute atomic E-state index is 0.0190. The molecule has 8 heteroatoms. The van der Waals surface area contributed by atoms with Crippen molar-refractivity contribution in [1.29, 1.82) is 0 Å². The first-order chi connectivity index (χ1) is 14.0. The van der Waals surface area contributed by atoms with Gasteiger partial charge in [-0.15, -0.1) is 0 Å². The van der Waals surface area contributed by atoms with Crippen molar-refractivity contribution in [1.82, 2.24) is 10.6 Å². The summed E-state index contributed by atoms with van der Waals surface area (Å²) in [6.45, 7) is 4.21. The lowest BCUT2D eigenvalue weighted by Gasteiger charge is -2.20. The second-order valence-electron chi connectivity index (χ2n) is 7.66. The summed E-state index contributed by atoms with van der Waals surface area (Å²) in [5, 5.41) is 5.47. The molecule has 6 nitrogen and oxygen atoms in total. The van der Waals surface area contributed by atoms with Crippen molar-refractivity contribution in [2.45, 2.75) is 52.5 Å². The molecule has 0 aliphatic heterocycles. The predicted molar refractivity (Wildman–Crippen MR) is 108 cm³/mol. The zero-order valence-corrected chi connectivity index (χ0v) is 17.4. The summed E-state index contributed by atoms with van der Waals surface area (Å²) in [7, 11) is 0. The first-order valence-electron chi connectivity index (χ1n) is 9.45. The number of hydrogen-bond acceptors (Lipinski definition) is 4. The Hall–Kier alpha value is -3.16. The number of hydrogen-bond donors (Lipinski definition) is 2. The Morgan fingerprint density at radius 1 is 1.07 bits per heavy atom. The molecule has 1 atom stereocenters. The van der Waals surface area contributed by atoms with Gasteiger partial charge in [-0.2, -0.15) is 8.78 Å². The summed E-state index contributed by atoms with van der Waals surface area (Å²) in [6.07, 6.45) is -0.582. The number of ether oxygens (including phenoxy) is 2. The molecular formula is C22H26F2N2O4. The molecule has 2 aromatic carbocycles. The molecule has 30 heavy (non-hydrogen) atoms. The third-order valence-corrected chi connectivity index (χ3v) is 4.01.